The Morgan fingerprint density at radius 1 is 1.29 bits per heavy atom. The van der Waals surface area contributed by atoms with Gasteiger partial charge in [0.25, 0.3) is 0 Å². The predicted molar refractivity (Wildman–Crippen MR) is 88.0 cm³/mol. The lowest BCUT2D eigenvalue weighted by atomic mass is 9.50. The third kappa shape index (κ3) is 2.06. The van der Waals surface area contributed by atoms with Crippen molar-refractivity contribution in [2.45, 2.75) is 31.2 Å². The molecule has 1 aromatic heterocycles. The van der Waals surface area contributed by atoms with Gasteiger partial charge in [-0.15, -0.1) is 23.7 Å². The van der Waals surface area contributed by atoms with Crippen LogP contribution in [0.4, 0.5) is 4.39 Å². The average Bonchev–Trinajstić information content (AvgIpc) is 2.89. The molecule has 1 nitrogen and oxygen atoms in total. The maximum atomic E-state index is 13.3. The zero-order chi connectivity index (χ0) is 13.7. The Labute approximate surface area is 135 Å². The fourth-order valence-electron chi connectivity index (χ4n) is 4.13. The molecule has 2 aliphatic rings. The summed E-state index contributed by atoms with van der Waals surface area (Å²) in [7, 11) is 0. The average molecular weight is 324 g/mol. The molecule has 1 aliphatic carbocycles. The van der Waals surface area contributed by atoms with Crippen LogP contribution in [0.5, 0.6) is 0 Å². The maximum absolute atomic E-state index is 13.3. The normalized spacial score (nSPS) is 30.4. The number of halogens is 2. The summed E-state index contributed by atoms with van der Waals surface area (Å²) >= 11 is 1.85. The van der Waals surface area contributed by atoms with E-state index in [4.69, 9.17) is 0 Å². The number of nitrogens with one attached hydrogen (secondary N) is 1. The lowest BCUT2D eigenvalue weighted by molar-refractivity contribution is 0.0496. The Hall–Kier alpha value is -0.900. The molecule has 3 atom stereocenters. The molecule has 3 unspecified atom stereocenters. The zero-order valence-electron chi connectivity index (χ0n) is 11.9. The third-order valence-electron chi connectivity index (χ3n) is 5.06. The standard InChI is InChI=1S/C17H18FNS.ClH/c1-11-8-16(20-10-11)17(12-2-4-14(18)5-3-12)13-6-7-19-15(17)9-13;/h2-5,8,10,13,15,19H,6-7,9H2,1H3;1H. The molecule has 1 N–H and O–H groups in total. The smallest absolute Gasteiger partial charge is 0.123 e. The van der Waals surface area contributed by atoms with Gasteiger partial charge in [0.15, 0.2) is 0 Å². The Morgan fingerprint density at radius 2 is 2.05 bits per heavy atom. The summed E-state index contributed by atoms with van der Waals surface area (Å²) in [4.78, 5) is 1.44. The van der Waals surface area contributed by atoms with E-state index in [2.05, 4.69) is 23.7 Å². The first kappa shape index (κ1) is 15.0. The van der Waals surface area contributed by atoms with Gasteiger partial charge < -0.3 is 5.32 Å². The van der Waals surface area contributed by atoms with Crippen LogP contribution < -0.4 is 5.32 Å². The van der Waals surface area contributed by atoms with Crippen LogP contribution in [0.3, 0.4) is 0 Å². The van der Waals surface area contributed by atoms with Gasteiger partial charge in [0, 0.05) is 16.3 Å². The van der Waals surface area contributed by atoms with Crippen molar-refractivity contribution >= 4 is 23.7 Å². The van der Waals surface area contributed by atoms with Gasteiger partial charge in [-0.2, -0.15) is 0 Å². The van der Waals surface area contributed by atoms with Crippen LogP contribution in [0, 0.1) is 18.7 Å². The molecule has 112 valence electrons. The van der Waals surface area contributed by atoms with Crippen LogP contribution in [0.1, 0.15) is 28.8 Å². The molecule has 4 rings (SSSR count). The van der Waals surface area contributed by atoms with Gasteiger partial charge in [0.2, 0.25) is 0 Å². The van der Waals surface area contributed by atoms with Crippen molar-refractivity contribution in [3.63, 3.8) is 0 Å². The van der Waals surface area contributed by atoms with E-state index in [9.17, 15) is 4.39 Å². The van der Waals surface area contributed by atoms with Gasteiger partial charge >= 0.3 is 0 Å². The van der Waals surface area contributed by atoms with E-state index >= 15 is 0 Å². The first-order chi connectivity index (χ1) is 9.71. The number of benzene rings is 1. The number of rotatable bonds is 2. The minimum Gasteiger partial charge on any atom is -0.313 e. The van der Waals surface area contributed by atoms with E-state index in [0.717, 1.165) is 6.54 Å². The van der Waals surface area contributed by atoms with Gasteiger partial charge in [-0.3, -0.25) is 0 Å². The largest absolute Gasteiger partial charge is 0.313 e. The lowest BCUT2D eigenvalue weighted by Crippen LogP contribution is -2.67. The van der Waals surface area contributed by atoms with Crippen LogP contribution in [-0.2, 0) is 5.41 Å². The molecular formula is C17H19ClFNS. The van der Waals surface area contributed by atoms with Crippen molar-refractivity contribution in [2.75, 3.05) is 6.54 Å². The SMILES string of the molecule is Cc1csc(C2(c3ccc(F)cc3)C3CCNC2C3)c1.Cl. The Kier molecular flexibility index (Phi) is 3.85. The number of piperidine rings is 2. The maximum Gasteiger partial charge on any atom is 0.123 e. The van der Waals surface area contributed by atoms with Crippen molar-refractivity contribution < 1.29 is 4.39 Å². The second-order valence-electron chi connectivity index (χ2n) is 6.09. The highest BCUT2D eigenvalue weighted by molar-refractivity contribution is 7.10. The quantitative estimate of drug-likeness (QED) is 0.869. The number of aryl methyl sites for hydroxylation is 1. The zero-order valence-corrected chi connectivity index (χ0v) is 13.6. The minimum absolute atomic E-state index is 0. The van der Waals surface area contributed by atoms with Crippen LogP contribution >= 0.6 is 23.7 Å². The topological polar surface area (TPSA) is 12.0 Å². The monoisotopic (exact) mass is 323 g/mol. The van der Waals surface area contributed by atoms with E-state index in [1.165, 1.54) is 28.8 Å². The predicted octanol–water partition coefficient (Wildman–Crippen LogP) is 4.29. The first-order valence-corrected chi connectivity index (χ1v) is 8.14. The molecule has 0 amide bonds. The third-order valence-corrected chi connectivity index (χ3v) is 6.26. The number of hydrogen-bond acceptors (Lipinski definition) is 2. The summed E-state index contributed by atoms with van der Waals surface area (Å²) in [5, 5.41) is 5.90. The first-order valence-electron chi connectivity index (χ1n) is 7.26. The molecule has 0 spiro atoms. The minimum atomic E-state index is -0.149. The molecule has 1 aliphatic heterocycles. The van der Waals surface area contributed by atoms with Crippen molar-refractivity contribution in [1.29, 1.82) is 0 Å². The summed E-state index contributed by atoms with van der Waals surface area (Å²) in [6, 6.07) is 9.99. The van der Waals surface area contributed by atoms with Gasteiger partial charge in [0.05, 0.1) is 0 Å². The van der Waals surface area contributed by atoms with E-state index in [-0.39, 0.29) is 23.6 Å². The molecule has 1 saturated heterocycles. The fraction of sp³-hybridized carbons (Fsp3) is 0.412. The van der Waals surface area contributed by atoms with Gasteiger partial charge in [0.1, 0.15) is 5.82 Å². The number of hydrogen-bond donors (Lipinski definition) is 1. The molecule has 2 fully saturated rings. The van der Waals surface area contributed by atoms with E-state index < -0.39 is 0 Å². The summed E-state index contributed by atoms with van der Waals surface area (Å²) in [6.07, 6.45) is 2.46. The Morgan fingerprint density at radius 3 is 2.57 bits per heavy atom. The van der Waals surface area contributed by atoms with Crippen LogP contribution in [0.25, 0.3) is 0 Å². The molecule has 2 aromatic rings. The van der Waals surface area contributed by atoms with Crippen LogP contribution in [0.15, 0.2) is 35.7 Å². The second-order valence-corrected chi connectivity index (χ2v) is 7.00. The van der Waals surface area contributed by atoms with Gasteiger partial charge in [-0.05, 0) is 66.9 Å². The van der Waals surface area contributed by atoms with Gasteiger partial charge in [-0.25, -0.2) is 4.39 Å². The van der Waals surface area contributed by atoms with Crippen molar-refractivity contribution in [3.8, 4) is 0 Å². The second kappa shape index (κ2) is 5.38. The summed E-state index contributed by atoms with van der Waals surface area (Å²) in [6.45, 7) is 3.27. The molecule has 2 heterocycles. The van der Waals surface area contributed by atoms with Gasteiger partial charge in [-0.1, -0.05) is 12.1 Å². The Bertz CT molecular complexity index is 622. The van der Waals surface area contributed by atoms with E-state index in [1.54, 1.807) is 12.1 Å². The van der Waals surface area contributed by atoms with Crippen LogP contribution in [-0.4, -0.2) is 12.6 Å². The van der Waals surface area contributed by atoms with Crippen molar-refractivity contribution in [1.82, 2.24) is 5.32 Å². The van der Waals surface area contributed by atoms with Crippen LogP contribution in [0.2, 0.25) is 0 Å². The summed E-state index contributed by atoms with van der Waals surface area (Å²) < 4.78 is 13.3. The Balaban J connectivity index is 0.00000132. The molecule has 2 bridgehead atoms. The fourth-order valence-corrected chi connectivity index (χ4v) is 5.38. The summed E-state index contributed by atoms with van der Waals surface area (Å²) in [5.74, 6) is 0.543. The van der Waals surface area contributed by atoms with Crippen molar-refractivity contribution in [2.24, 2.45) is 5.92 Å². The molecule has 1 aromatic carbocycles. The highest BCUT2D eigenvalue weighted by Crippen LogP contribution is 2.58. The van der Waals surface area contributed by atoms with E-state index in [0.29, 0.717) is 12.0 Å². The molecule has 21 heavy (non-hydrogen) atoms. The highest BCUT2D eigenvalue weighted by atomic mass is 35.5. The molecule has 1 saturated carbocycles. The van der Waals surface area contributed by atoms with Crippen molar-refractivity contribution in [3.05, 3.63) is 57.5 Å². The summed E-state index contributed by atoms with van der Waals surface area (Å²) in [5.41, 5.74) is 2.68. The molecular weight excluding hydrogens is 305 g/mol. The number of thiophene rings is 1. The number of fused-ring (bicyclic) bond motifs is 2. The highest BCUT2D eigenvalue weighted by Gasteiger charge is 2.59. The van der Waals surface area contributed by atoms with E-state index in [1.807, 2.05) is 23.5 Å². The molecule has 0 radical (unpaired) electrons. The molecule has 4 heteroatoms. The lowest BCUT2D eigenvalue weighted by Gasteiger charge is -2.60.